The molecule has 214 valence electrons. The number of nitrogen functional groups attached to an aromatic ring is 1. The Balaban J connectivity index is 1.45. The standard InChI is InChI=1S/C31H33ClN4O5/c1-19-14-22(32)5-6-24(19)30-25-17-29(40-12-9-20-4-7-26(33)27(15-20)38-2)28(39-3)16-21(25)8-11-36(30)31(37)34-18-23-10-13-41-35-23/h4-7,10,13-17,30H,8-9,11-12,18,33H2,1-3H3,(H,34,37). The van der Waals surface area contributed by atoms with Crippen LogP contribution >= 0.6 is 11.6 Å². The number of urea groups is 1. The number of anilines is 1. The Morgan fingerprint density at radius 1 is 1.07 bits per heavy atom. The second kappa shape index (κ2) is 12.4. The number of nitrogens with one attached hydrogen (secondary N) is 1. The Labute approximate surface area is 244 Å². The molecule has 3 aromatic carbocycles. The molecule has 4 aromatic rings. The van der Waals surface area contributed by atoms with Gasteiger partial charge < -0.3 is 34.7 Å². The number of nitrogens with zero attached hydrogens (tertiary/aromatic N) is 2. The van der Waals surface area contributed by atoms with Crippen LogP contribution in [0.4, 0.5) is 10.5 Å². The van der Waals surface area contributed by atoms with E-state index in [-0.39, 0.29) is 18.6 Å². The van der Waals surface area contributed by atoms with E-state index in [1.165, 1.54) is 6.26 Å². The summed E-state index contributed by atoms with van der Waals surface area (Å²) in [5.41, 5.74) is 12.3. The molecular formula is C31H33ClN4O5. The third-order valence-corrected chi connectivity index (χ3v) is 7.53. The summed E-state index contributed by atoms with van der Waals surface area (Å²) in [6.07, 6.45) is 2.79. The molecule has 1 unspecified atom stereocenters. The molecule has 0 radical (unpaired) electrons. The highest BCUT2D eigenvalue weighted by Crippen LogP contribution is 2.42. The smallest absolute Gasteiger partial charge is 0.318 e. The minimum Gasteiger partial charge on any atom is -0.495 e. The molecule has 41 heavy (non-hydrogen) atoms. The highest BCUT2D eigenvalue weighted by atomic mass is 35.5. The zero-order valence-corrected chi connectivity index (χ0v) is 24.0. The minimum atomic E-state index is -0.358. The normalized spacial score (nSPS) is 14.3. The number of hydrogen-bond acceptors (Lipinski definition) is 7. The van der Waals surface area contributed by atoms with Crippen molar-refractivity contribution in [3.8, 4) is 17.2 Å². The number of methoxy groups -OCH3 is 2. The van der Waals surface area contributed by atoms with E-state index >= 15 is 0 Å². The second-order valence-electron chi connectivity index (χ2n) is 9.87. The lowest BCUT2D eigenvalue weighted by Crippen LogP contribution is -2.46. The van der Waals surface area contributed by atoms with Gasteiger partial charge in [0, 0.05) is 24.1 Å². The van der Waals surface area contributed by atoms with E-state index in [2.05, 4.69) is 10.5 Å². The lowest BCUT2D eigenvalue weighted by molar-refractivity contribution is 0.179. The molecule has 0 saturated heterocycles. The van der Waals surface area contributed by atoms with Crippen LogP contribution in [0.3, 0.4) is 0 Å². The molecular weight excluding hydrogens is 544 g/mol. The highest BCUT2D eigenvalue weighted by Gasteiger charge is 2.34. The molecule has 2 amide bonds. The van der Waals surface area contributed by atoms with Crippen molar-refractivity contribution in [2.24, 2.45) is 0 Å². The number of ether oxygens (including phenoxy) is 3. The lowest BCUT2D eigenvalue weighted by atomic mass is 9.86. The number of carbonyl (C=O) groups is 1. The van der Waals surface area contributed by atoms with Gasteiger partial charge in [0.15, 0.2) is 11.5 Å². The zero-order valence-electron chi connectivity index (χ0n) is 23.3. The summed E-state index contributed by atoms with van der Waals surface area (Å²) in [7, 11) is 3.23. The molecule has 0 saturated carbocycles. The first-order valence-corrected chi connectivity index (χ1v) is 13.7. The van der Waals surface area contributed by atoms with Crippen LogP contribution in [0, 0.1) is 6.92 Å². The fraction of sp³-hybridized carbons (Fsp3) is 0.290. The Kier molecular flexibility index (Phi) is 8.54. The SMILES string of the molecule is COc1cc(CCOc2cc3c(cc2OC)CCN(C(=O)NCc2ccon2)C3c2ccc(Cl)cc2C)ccc1N. The van der Waals surface area contributed by atoms with E-state index < -0.39 is 0 Å². The molecule has 0 fully saturated rings. The molecule has 9 nitrogen and oxygen atoms in total. The van der Waals surface area contributed by atoms with Crippen LogP contribution in [0.15, 0.2) is 65.4 Å². The monoisotopic (exact) mass is 576 g/mol. The van der Waals surface area contributed by atoms with Crippen molar-refractivity contribution in [3.63, 3.8) is 0 Å². The first kappa shape index (κ1) is 28.2. The predicted octanol–water partition coefficient (Wildman–Crippen LogP) is 5.71. The van der Waals surface area contributed by atoms with Crippen molar-refractivity contribution in [1.29, 1.82) is 0 Å². The van der Waals surface area contributed by atoms with Crippen LogP contribution in [-0.4, -0.2) is 43.5 Å². The van der Waals surface area contributed by atoms with E-state index in [0.29, 0.717) is 59.6 Å². The molecule has 0 spiro atoms. The van der Waals surface area contributed by atoms with E-state index in [1.807, 2.05) is 60.4 Å². The maximum absolute atomic E-state index is 13.5. The summed E-state index contributed by atoms with van der Waals surface area (Å²) in [5.74, 6) is 1.89. The van der Waals surface area contributed by atoms with Gasteiger partial charge in [-0.25, -0.2) is 4.79 Å². The van der Waals surface area contributed by atoms with Crippen LogP contribution in [0.2, 0.25) is 5.02 Å². The topological polar surface area (TPSA) is 112 Å². The first-order chi connectivity index (χ1) is 19.9. The molecule has 0 aliphatic carbocycles. The van der Waals surface area contributed by atoms with Crippen molar-refractivity contribution >= 4 is 23.3 Å². The van der Waals surface area contributed by atoms with Gasteiger partial charge in [-0.15, -0.1) is 0 Å². The number of aromatic nitrogens is 1. The van der Waals surface area contributed by atoms with Crippen molar-refractivity contribution in [1.82, 2.24) is 15.4 Å². The summed E-state index contributed by atoms with van der Waals surface area (Å²) >= 11 is 6.30. The van der Waals surface area contributed by atoms with Crippen LogP contribution in [-0.2, 0) is 19.4 Å². The quantitative estimate of drug-likeness (QED) is 0.245. The van der Waals surface area contributed by atoms with Crippen molar-refractivity contribution < 1.29 is 23.5 Å². The number of fused-ring (bicyclic) bond motifs is 1. The third kappa shape index (κ3) is 6.20. The van der Waals surface area contributed by atoms with E-state index in [9.17, 15) is 4.79 Å². The van der Waals surface area contributed by atoms with Crippen LogP contribution in [0.5, 0.6) is 17.2 Å². The van der Waals surface area contributed by atoms with Crippen LogP contribution in [0.1, 0.15) is 39.6 Å². The molecule has 1 aromatic heterocycles. The van der Waals surface area contributed by atoms with Crippen molar-refractivity contribution in [2.75, 3.05) is 33.1 Å². The van der Waals surface area contributed by atoms with Gasteiger partial charge in [-0.3, -0.25) is 0 Å². The Morgan fingerprint density at radius 2 is 1.90 bits per heavy atom. The van der Waals surface area contributed by atoms with Gasteiger partial charge in [0.2, 0.25) is 0 Å². The fourth-order valence-corrected chi connectivity index (χ4v) is 5.41. The highest BCUT2D eigenvalue weighted by molar-refractivity contribution is 6.30. The number of aryl methyl sites for hydroxylation is 1. The Hall–Kier alpha value is -4.37. The van der Waals surface area contributed by atoms with E-state index in [0.717, 1.165) is 27.8 Å². The van der Waals surface area contributed by atoms with Crippen LogP contribution in [0.25, 0.3) is 0 Å². The third-order valence-electron chi connectivity index (χ3n) is 7.30. The number of rotatable bonds is 9. The number of halogens is 1. The number of hydrogen-bond donors (Lipinski definition) is 2. The average Bonchev–Trinajstić information content (AvgIpc) is 3.50. The van der Waals surface area contributed by atoms with Gasteiger partial charge in [0.25, 0.3) is 0 Å². The van der Waals surface area contributed by atoms with Gasteiger partial charge in [-0.1, -0.05) is 28.9 Å². The number of carbonyl (C=O) groups excluding carboxylic acids is 1. The van der Waals surface area contributed by atoms with E-state index in [4.69, 9.17) is 36.1 Å². The predicted molar refractivity (Wildman–Crippen MR) is 157 cm³/mol. The number of benzene rings is 3. The molecule has 3 N–H and O–H groups in total. The van der Waals surface area contributed by atoms with Gasteiger partial charge in [-0.05, 0) is 77.6 Å². The summed E-state index contributed by atoms with van der Waals surface area (Å²) in [6.45, 7) is 3.20. The molecule has 0 bridgehead atoms. The lowest BCUT2D eigenvalue weighted by Gasteiger charge is -2.38. The summed E-state index contributed by atoms with van der Waals surface area (Å²) in [5, 5.41) is 7.52. The van der Waals surface area contributed by atoms with Crippen molar-refractivity contribution in [2.45, 2.75) is 32.4 Å². The zero-order chi connectivity index (χ0) is 28.9. The maximum Gasteiger partial charge on any atom is 0.318 e. The van der Waals surface area contributed by atoms with Gasteiger partial charge in [-0.2, -0.15) is 0 Å². The van der Waals surface area contributed by atoms with Gasteiger partial charge in [0.05, 0.1) is 39.1 Å². The summed E-state index contributed by atoms with van der Waals surface area (Å²) in [4.78, 5) is 15.4. The fourth-order valence-electron chi connectivity index (χ4n) is 5.19. The second-order valence-corrected chi connectivity index (χ2v) is 10.3. The Bertz CT molecular complexity index is 1530. The molecule has 1 atom stereocenters. The molecule has 2 heterocycles. The maximum atomic E-state index is 13.5. The average molecular weight is 577 g/mol. The van der Waals surface area contributed by atoms with E-state index in [1.54, 1.807) is 20.3 Å². The Morgan fingerprint density at radius 3 is 2.63 bits per heavy atom. The number of nitrogens with two attached hydrogens (primary N) is 1. The van der Waals surface area contributed by atoms with Crippen molar-refractivity contribution in [3.05, 3.63) is 99.4 Å². The minimum absolute atomic E-state index is 0.200. The first-order valence-electron chi connectivity index (χ1n) is 13.3. The summed E-state index contributed by atoms with van der Waals surface area (Å²) in [6, 6.07) is 16.6. The van der Waals surface area contributed by atoms with Gasteiger partial charge in [0.1, 0.15) is 17.7 Å². The summed E-state index contributed by atoms with van der Waals surface area (Å²) < 4.78 is 22.2. The van der Waals surface area contributed by atoms with Gasteiger partial charge >= 0.3 is 6.03 Å². The number of amides is 2. The molecule has 5 rings (SSSR count). The van der Waals surface area contributed by atoms with Crippen LogP contribution < -0.4 is 25.3 Å². The molecule has 1 aliphatic heterocycles. The molecule has 10 heteroatoms. The largest absolute Gasteiger partial charge is 0.495 e. The molecule has 1 aliphatic rings.